The Balaban J connectivity index is 1.97. The molecule has 2 aromatic carbocycles. The summed E-state index contributed by atoms with van der Waals surface area (Å²) in [7, 11) is 0. The molecule has 4 heteroatoms. The number of fused-ring (bicyclic) bond motifs is 2. The molecule has 0 aliphatic carbocycles. The molecule has 0 radical (unpaired) electrons. The third-order valence-electron chi connectivity index (χ3n) is 3.97. The fraction of sp³-hybridized carbons (Fsp3) is 0.0526. The van der Waals surface area contributed by atoms with Gasteiger partial charge in [0.25, 0.3) is 0 Å². The van der Waals surface area contributed by atoms with Crippen molar-refractivity contribution in [2.75, 3.05) is 0 Å². The van der Waals surface area contributed by atoms with Crippen LogP contribution in [0.25, 0.3) is 27.7 Å². The van der Waals surface area contributed by atoms with Crippen molar-refractivity contribution in [1.82, 2.24) is 9.38 Å². The Bertz CT molecular complexity index is 1030. The minimum Gasteiger partial charge on any atom is -0.481 e. The number of benzene rings is 2. The minimum atomic E-state index is -0.863. The van der Waals surface area contributed by atoms with Gasteiger partial charge >= 0.3 is 5.97 Å². The smallest absolute Gasteiger partial charge is 0.309 e. The molecule has 2 aromatic heterocycles. The second kappa shape index (κ2) is 5.25. The first-order valence-electron chi connectivity index (χ1n) is 7.39. The van der Waals surface area contributed by atoms with E-state index in [0.717, 1.165) is 27.7 Å². The highest BCUT2D eigenvalue weighted by Crippen LogP contribution is 2.28. The van der Waals surface area contributed by atoms with E-state index in [2.05, 4.69) is 17.1 Å². The van der Waals surface area contributed by atoms with Gasteiger partial charge in [0, 0.05) is 11.8 Å². The molecule has 4 nitrogen and oxygen atoms in total. The van der Waals surface area contributed by atoms with Crippen LogP contribution in [-0.4, -0.2) is 20.5 Å². The van der Waals surface area contributed by atoms with Crippen molar-refractivity contribution in [3.8, 4) is 11.3 Å². The van der Waals surface area contributed by atoms with E-state index in [1.54, 1.807) is 0 Å². The van der Waals surface area contributed by atoms with Gasteiger partial charge in [-0.2, -0.15) is 0 Å². The number of carboxylic acids is 1. The first-order valence-corrected chi connectivity index (χ1v) is 7.39. The van der Waals surface area contributed by atoms with Crippen LogP contribution in [0.1, 0.15) is 5.69 Å². The topological polar surface area (TPSA) is 54.6 Å². The molecule has 4 aromatic rings. The summed E-state index contributed by atoms with van der Waals surface area (Å²) in [6.45, 7) is 0. The highest BCUT2D eigenvalue weighted by Gasteiger charge is 2.16. The second-order valence-corrected chi connectivity index (χ2v) is 5.47. The van der Waals surface area contributed by atoms with Gasteiger partial charge in [0.05, 0.1) is 17.8 Å². The largest absolute Gasteiger partial charge is 0.481 e. The van der Waals surface area contributed by atoms with Crippen LogP contribution in [0.5, 0.6) is 0 Å². The van der Waals surface area contributed by atoms with E-state index in [0.29, 0.717) is 5.69 Å². The third kappa shape index (κ3) is 2.34. The number of aromatic nitrogens is 2. The van der Waals surface area contributed by atoms with Crippen LogP contribution in [-0.2, 0) is 11.2 Å². The lowest BCUT2D eigenvalue weighted by atomic mass is 10.0. The summed E-state index contributed by atoms with van der Waals surface area (Å²) < 4.78 is 1.85. The van der Waals surface area contributed by atoms with E-state index >= 15 is 0 Å². The molecule has 0 aliphatic heterocycles. The molecule has 1 N–H and O–H groups in total. The molecule has 0 fully saturated rings. The monoisotopic (exact) mass is 302 g/mol. The van der Waals surface area contributed by atoms with Crippen molar-refractivity contribution in [2.45, 2.75) is 6.42 Å². The molecule has 0 spiro atoms. The third-order valence-corrected chi connectivity index (χ3v) is 3.97. The zero-order chi connectivity index (χ0) is 15.8. The lowest BCUT2D eigenvalue weighted by Gasteiger charge is -2.04. The molecule has 0 atom stereocenters. The van der Waals surface area contributed by atoms with E-state index in [4.69, 9.17) is 0 Å². The highest BCUT2D eigenvalue weighted by molar-refractivity contribution is 5.88. The van der Waals surface area contributed by atoms with Gasteiger partial charge in [-0.15, -0.1) is 0 Å². The number of rotatable bonds is 3. The number of pyridine rings is 1. The first kappa shape index (κ1) is 13.5. The predicted molar refractivity (Wildman–Crippen MR) is 89.5 cm³/mol. The van der Waals surface area contributed by atoms with Crippen LogP contribution in [0.3, 0.4) is 0 Å². The number of hydrogen-bond donors (Lipinski definition) is 1. The van der Waals surface area contributed by atoms with Gasteiger partial charge in [-0.1, -0.05) is 42.5 Å². The maximum Gasteiger partial charge on any atom is 0.309 e. The zero-order valence-corrected chi connectivity index (χ0v) is 12.3. The van der Waals surface area contributed by atoms with Gasteiger partial charge in [0.15, 0.2) is 0 Å². The van der Waals surface area contributed by atoms with Crippen LogP contribution in [0.15, 0.2) is 66.9 Å². The summed E-state index contributed by atoms with van der Waals surface area (Å²) in [5.41, 5.74) is 3.11. The van der Waals surface area contributed by atoms with Gasteiger partial charge in [0.2, 0.25) is 0 Å². The van der Waals surface area contributed by atoms with E-state index < -0.39 is 5.97 Å². The number of carbonyl (C=O) groups is 1. The van der Waals surface area contributed by atoms with Crippen molar-refractivity contribution in [2.24, 2.45) is 0 Å². The SMILES string of the molecule is O=C(O)Cc1c(-c2ccc3ccccc3c2)nc2ccccn12. The van der Waals surface area contributed by atoms with Crippen LogP contribution in [0, 0.1) is 0 Å². The Kier molecular flexibility index (Phi) is 3.08. The molecule has 0 amide bonds. The lowest BCUT2D eigenvalue weighted by molar-refractivity contribution is -0.136. The van der Waals surface area contributed by atoms with Crippen LogP contribution >= 0.6 is 0 Å². The Labute approximate surface area is 132 Å². The summed E-state index contributed by atoms with van der Waals surface area (Å²) in [5.74, 6) is -0.863. The maximum absolute atomic E-state index is 11.3. The van der Waals surface area contributed by atoms with Gasteiger partial charge < -0.3 is 9.51 Å². The molecular formula is C19H14N2O2. The minimum absolute atomic E-state index is 0.0622. The van der Waals surface area contributed by atoms with Gasteiger partial charge in [-0.25, -0.2) is 4.98 Å². The number of carboxylic acid groups (broad SMARTS) is 1. The van der Waals surface area contributed by atoms with Crippen molar-refractivity contribution in [3.63, 3.8) is 0 Å². The molecule has 112 valence electrons. The Morgan fingerprint density at radius 1 is 1.00 bits per heavy atom. The normalized spacial score (nSPS) is 11.1. The van der Waals surface area contributed by atoms with Gasteiger partial charge in [0.1, 0.15) is 5.65 Å². The molecule has 0 aliphatic rings. The average molecular weight is 302 g/mol. The fourth-order valence-electron chi connectivity index (χ4n) is 2.93. The molecule has 0 saturated carbocycles. The van der Waals surface area contributed by atoms with Crippen LogP contribution in [0.2, 0.25) is 0 Å². The number of hydrogen-bond acceptors (Lipinski definition) is 2. The van der Waals surface area contributed by atoms with Crippen molar-refractivity contribution >= 4 is 22.4 Å². The summed E-state index contributed by atoms with van der Waals surface area (Å²) >= 11 is 0. The fourth-order valence-corrected chi connectivity index (χ4v) is 2.93. The molecule has 0 bridgehead atoms. The van der Waals surface area contributed by atoms with Crippen LogP contribution in [0.4, 0.5) is 0 Å². The molecule has 0 unspecified atom stereocenters. The van der Waals surface area contributed by atoms with Gasteiger partial charge in [-0.05, 0) is 29.0 Å². The van der Waals surface area contributed by atoms with E-state index in [1.165, 1.54) is 0 Å². The van der Waals surface area contributed by atoms with Crippen molar-refractivity contribution < 1.29 is 9.90 Å². The van der Waals surface area contributed by atoms with Crippen molar-refractivity contribution in [3.05, 3.63) is 72.6 Å². The van der Waals surface area contributed by atoms with Crippen molar-refractivity contribution in [1.29, 1.82) is 0 Å². The van der Waals surface area contributed by atoms with E-state index in [-0.39, 0.29) is 6.42 Å². The highest BCUT2D eigenvalue weighted by atomic mass is 16.4. The standard InChI is InChI=1S/C19H14N2O2/c22-18(23)12-16-19(20-17-7-3-4-10-21(16)17)15-9-8-13-5-1-2-6-14(13)11-15/h1-11H,12H2,(H,22,23). The summed E-state index contributed by atoms with van der Waals surface area (Å²) in [6, 6.07) is 19.9. The Morgan fingerprint density at radius 3 is 2.61 bits per heavy atom. The average Bonchev–Trinajstić information content (AvgIpc) is 2.93. The van der Waals surface area contributed by atoms with Gasteiger partial charge in [-0.3, -0.25) is 4.79 Å². The quantitative estimate of drug-likeness (QED) is 0.626. The lowest BCUT2D eigenvalue weighted by Crippen LogP contribution is -2.04. The summed E-state index contributed by atoms with van der Waals surface area (Å²) in [6.07, 6.45) is 1.79. The molecule has 4 rings (SSSR count). The number of imidazole rings is 1. The van der Waals surface area contributed by atoms with E-state index in [9.17, 15) is 9.90 Å². The summed E-state index contributed by atoms with van der Waals surface area (Å²) in [5, 5.41) is 11.5. The van der Waals surface area contributed by atoms with Crippen LogP contribution < -0.4 is 0 Å². The molecule has 23 heavy (non-hydrogen) atoms. The van der Waals surface area contributed by atoms with E-state index in [1.807, 2.05) is 59.1 Å². The number of aliphatic carboxylic acids is 1. The molecule has 0 saturated heterocycles. The molecular weight excluding hydrogens is 288 g/mol. The molecule has 2 heterocycles. The number of nitrogens with zero attached hydrogens (tertiary/aromatic N) is 2. The summed E-state index contributed by atoms with van der Waals surface area (Å²) in [4.78, 5) is 15.9. The maximum atomic E-state index is 11.3. The Morgan fingerprint density at radius 2 is 1.78 bits per heavy atom. The second-order valence-electron chi connectivity index (χ2n) is 5.47. The first-order chi connectivity index (χ1) is 11.2. The predicted octanol–water partition coefficient (Wildman–Crippen LogP) is 3.78. The Hall–Kier alpha value is -3.14. The zero-order valence-electron chi connectivity index (χ0n) is 12.3.